The number of para-hydroxylation sites is 1. The Balaban J connectivity index is 2.01. The highest BCUT2D eigenvalue weighted by Gasteiger charge is 2.49. The molecule has 0 amide bonds. The summed E-state index contributed by atoms with van der Waals surface area (Å²) in [4.78, 5) is 13.0. The van der Waals surface area contributed by atoms with E-state index in [-0.39, 0.29) is 23.2 Å². The minimum absolute atomic E-state index is 0.0173. The molecular formula is C19H17FO3. The number of hydrogen-bond donors (Lipinski definition) is 0. The molecule has 2 aromatic rings. The van der Waals surface area contributed by atoms with Crippen molar-refractivity contribution in [1.82, 2.24) is 0 Å². The zero-order valence-electron chi connectivity index (χ0n) is 13.2. The summed E-state index contributed by atoms with van der Waals surface area (Å²) < 4.78 is 25.2. The van der Waals surface area contributed by atoms with Crippen molar-refractivity contribution in [3.8, 4) is 0 Å². The summed E-state index contributed by atoms with van der Waals surface area (Å²) in [5, 5.41) is 0.562. The molecule has 1 heterocycles. The smallest absolute Gasteiger partial charge is 0.174 e. The number of hydrogen-bond acceptors (Lipinski definition) is 3. The third-order valence-electron chi connectivity index (χ3n) is 5.07. The number of carbonyl (C=O) groups is 1. The van der Waals surface area contributed by atoms with E-state index in [0.717, 1.165) is 5.76 Å². The van der Waals surface area contributed by atoms with Gasteiger partial charge in [-0.25, -0.2) is 4.39 Å². The van der Waals surface area contributed by atoms with Crippen molar-refractivity contribution in [2.24, 2.45) is 11.8 Å². The highest BCUT2D eigenvalue weighted by Crippen LogP contribution is 2.50. The molecule has 1 aromatic heterocycles. The molecule has 0 saturated carbocycles. The highest BCUT2D eigenvalue weighted by molar-refractivity contribution is 6.11. The molecule has 0 fully saturated rings. The molecule has 0 spiro atoms. The third kappa shape index (κ3) is 1.78. The van der Waals surface area contributed by atoms with Gasteiger partial charge in [-0.3, -0.25) is 4.79 Å². The second-order valence-electron chi connectivity index (χ2n) is 6.69. The van der Waals surface area contributed by atoms with Crippen molar-refractivity contribution < 1.29 is 18.3 Å². The zero-order valence-corrected chi connectivity index (χ0v) is 13.2. The Kier molecular flexibility index (Phi) is 2.83. The molecule has 0 saturated heterocycles. The van der Waals surface area contributed by atoms with Gasteiger partial charge in [0.2, 0.25) is 0 Å². The van der Waals surface area contributed by atoms with Gasteiger partial charge in [0.15, 0.2) is 17.2 Å². The molecule has 1 aromatic carbocycles. The van der Waals surface area contributed by atoms with Gasteiger partial charge < -0.3 is 9.15 Å². The van der Waals surface area contributed by atoms with Gasteiger partial charge in [0.25, 0.3) is 0 Å². The van der Waals surface area contributed by atoms with Gasteiger partial charge in [0.05, 0.1) is 12.7 Å². The van der Waals surface area contributed by atoms with Crippen LogP contribution in [0.15, 0.2) is 46.6 Å². The number of Topliss-reactive ketones (excluding diaryl/α,β-unsaturated/α-hetero) is 1. The van der Waals surface area contributed by atoms with Crippen molar-refractivity contribution >= 4 is 16.8 Å². The predicted molar refractivity (Wildman–Crippen MR) is 84.7 cm³/mol. The standard InChI is InChI=1S/C19H17FO3/c1-19(2)13-9-10(22-3)7-8-11(13)16(21)15-12-5-4-6-14(20)17(12)23-18(15)19/h4-9,11,13H,1-3H3. The number of allylic oxidation sites excluding steroid dienone is 3. The van der Waals surface area contributed by atoms with Gasteiger partial charge in [0.1, 0.15) is 11.5 Å². The Morgan fingerprint density at radius 3 is 2.83 bits per heavy atom. The molecule has 2 aliphatic rings. The maximum atomic E-state index is 14.1. The summed E-state index contributed by atoms with van der Waals surface area (Å²) in [6.45, 7) is 4.05. The van der Waals surface area contributed by atoms with Gasteiger partial charge >= 0.3 is 0 Å². The number of carbonyl (C=O) groups excluding carboxylic acids is 1. The van der Waals surface area contributed by atoms with Crippen molar-refractivity contribution in [3.05, 3.63) is 59.3 Å². The van der Waals surface area contributed by atoms with Crippen LogP contribution in [0.4, 0.5) is 4.39 Å². The predicted octanol–water partition coefficient (Wildman–Crippen LogP) is 4.38. The van der Waals surface area contributed by atoms with Crippen LogP contribution in [-0.2, 0) is 10.2 Å². The SMILES string of the molecule is COC1=CC2C(C=C1)C(=O)c1c(oc3c(F)cccc13)C2(C)C. The van der Waals surface area contributed by atoms with Crippen LogP contribution in [-0.4, -0.2) is 12.9 Å². The third-order valence-corrected chi connectivity index (χ3v) is 5.07. The normalized spacial score (nSPS) is 25.0. The molecule has 2 aliphatic carbocycles. The van der Waals surface area contributed by atoms with Crippen LogP contribution in [0.2, 0.25) is 0 Å². The van der Waals surface area contributed by atoms with Crippen LogP contribution in [0.25, 0.3) is 11.0 Å². The molecule has 4 rings (SSSR count). The summed E-state index contributed by atoms with van der Waals surface area (Å²) in [5.74, 6) is 0.485. The first-order valence-corrected chi connectivity index (χ1v) is 7.65. The van der Waals surface area contributed by atoms with E-state index >= 15 is 0 Å². The Morgan fingerprint density at radius 2 is 2.09 bits per heavy atom. The van der Waals surface area contributed by atoms with Gasteiger partial charge in [0, 0.05) is 22.6 Å². The van der Waals surface area contributed by atoms with Crippen LogP contribution in [0.3, 0.4) is 0 Å². The first-order chi connectivity index (χ1) is 10.9. The van der Waals surface area contributed by atoms with Crippen LogP contribution in [0, 0.1) is 17.7 Å². The quantitative estimate of drug-likeness (QED) is 0.784. The van der Waals surface area contributed by atoms with Gasteiger partial charge in [-0.05, 0) is 18.2 Å². The highest BCUT2D eigenvalue weighted by atomic mass is 19.1. The van der Waals surface area contributed by atoms with Gasteiger partial charge in [-0.2, -0.15) is 0 Å². The molecule has 0 N–H and O–H groups in total. The fraction of sp³-hybridized carbons (Fsp3) is 0.316. The molecular weight excluding hydrogens is 295 g/mol. The summed E-state index contributed by atoms with van der Waals surface area (Å²) in [6, 6.07) is 4.71. The topological polar surface area (TPSA) is 39.4 Å². The molecule has 3 nitrogen and oxygen atoms in total. The molecule has 4 heteroatoms. The van der Waals surface area contributed by atoms with E-state index in [4.69, 9.17) is 9.15 Å². The second-order valence-corrected chi connectivity index (χ2v) is 6.69. The summed E-state index contributed by atoms with van der Waals surface area (Å²) in [7, 11) is 1.61. The van der Waals surface area contributed by atoms with E-state index in [1.165, 1.54) is 6.07 Å². The first kappa shape index (κ1) is 14.2. The Hall–Kier alpha value is -2.36. The number of fused-ring (bicyclic) bond motifs is 4. The Labute approximate surface area is 133 Å². The molecule has 0 aliphatic heterocycles. The maximum absolute atomic E-state index is 14.1. The van der Waals surface area contributed by atoms with Crippen molar-refractivity contribution in [2.75, 3.05) is 7.11 Å². The fourth-order valence-corrected chi connectivity index (χ4v) is 3.80. The average molecular weight is 312 g/mol. The van der Waals surface area contributed by atoms with E-state index in [1.807, 2.05) is 32.1 Å². The molecule has 2 unspecified atom stereocenters. The summed E-state index contributed by atoms with van der Waals surface area (Å²) in [5.41, 5.74) is 0.246. The molecule has 0 bridgehead atoms. The number of ether oxygens (including phenoxy) is 1. The van der Waals surface area contributed by atoms with Crippen LogP contribution in [0.1, 0.15) is 30.0 Å². The monoisotopic (exact) mass is 312 g/mol. The largest absolute Gasteiger partial charge is 0.497 e. The first-order valence-electron chi connectivity index (χ1n) is 7.65. The number of benzene rings is 1. The maximum Gasteiger partial charge on any atom is 0.174 e. The Bertz CT molecular complexity index is 885. The fourth-order valence-electron chi connectivity index (χ4n) is 3.80. The van der Waals surface area contributed by atoms with Gasteiger partial charge in [-0.1, -0.05) is 32.1 Å². The van der Waals surface area contributed by atoms with E-state index in [9.17, 15) is 9.18 Å². The van der Waals surface area contributed by atoms with E-state index in [0.29, 0.717) is 16.7 Å². The van der Waals surface area contributed by atoms with Gasteiger partial charge in [-0.15, -0.1) is 0 Å². The van der Waals surface area contributed by atoms with E-state index in [2.05, 4.69) is 0 Å². The number of halogens is 1. The lowest BCUT2D eigenvalue weighted by atomic mass is 9.61. The average Bonchev–Trinajstić information content (AvgIpc) is 2.95. The molecule has 0 radical (unpaired) electrons. The number of furan rings is 1. The number of ketones is 1. The van der Waals surface area contributed by atoms with Crippen LogP contribution < -0.4 is 0 Å². The van der Waals surface area contributed by atoms with Crippen LogP contribution in [0.5, 0.6) is 0 Å². The van der Waals surface area contributed by atoms with E-state index < -0.39 is 11.2 Å². The lowest BCUT2D eigenvalue weighted by molar-refractivity contribution is 0.0846. The van der Waals surface area contributed by atoms with E-state index in [1.54, 1.807) is 19.2 Å². The summed E-state index contributed by atoms with van der Waals surface area (Å²) in [6.07, 6.45) is 5.67. The minimum atomic E-state index is -0.438. The summed E-state index contributed by atoms with van der Waals surface area (Å²) >= 11 is 0. The van der Waals surface area contributed by atoms with Crippen LogP contribution >= 0.6 is 0 Å². The molecule has 2 atom stereocenters. The number of methoxy groups -OCH3 is 1. The lowest BCUT2D eigenvalue weighted by Crippen LogP contribution is -2.42. The van der Waals surface area contributed by atoms with Crippen molar-refractivity contribution in [1.29, 1.82) is 0 Å². The zero-order chi connectivity index (χ0) is 16.4. The van der Waals surface area contributed by atoms with Crippen molar-refractivity contribution in [2.45, 2.75) is 19.3 Å². The second kappa shape index (κ2) is 4.57. The minimum Gasteiger partial charge on any atom is -0.497 e. The molecule has 23 heavy (non-hydrogen) atoms. The Morgan fingerprint density at radius 1 is 1.30 bits per heavy atom. The molecule has 118 valence electrons. The van der Waals surface area contributed by atoms with Crippen molar-refractivity contribution in [3.63, 3.8) is 0 Å². The number of rotatable bonds is 1. The lowest BCUT2D eigenvalue weighted by Gasteiger charge is -2.40.